The summed E-state index contributed by atoms with van der Waals surface area (Å²) in [5, 5.41) is -0.478. The van der Waals surface area contributed by atoms with Crippen LogP contribution in [0.1, 0.15) is 20.3 Å². The van der Waals surface area contributed by atoms with E-state index in [1.807, 2.05) is 6.92 Å². The van der Waals surface area contributed by atoms with Crippen molar-refractivity contribution in [2.45, 2.75) is 37.7 Å². The summed E-state index contributed by atoms with van der Waals surface area (Å²) in [6.07, 6.45) is -0.747. The van der Waals surface area contributed by atoms with Crippen LogP contribution in [0, 0.1) is 17.8 Å². The number of esters is 2. The van der Waals surface area contributed by atoms with Crippen LogP contribution in [0.4, 0.5) is 0 Å². The summed E-state index contributed by atoms with van der Waals surface area (Å²) in [5.74, 6) is -1.39. The summed E-state index contributed by atoms with van der Waals surface area (Å²) < 4.78 is 39.0. The zero-order valence-corrected chi connectivity index (χ0v) is 13.2. The van der Waals surface area contributed by atoms with Crippen molar-refractivity contribution in [2.75, 3.05) is 6.61 Å². The molecule has 4 unspecified atom stereocenters. The van der Waals surface area contributed by atoms with Crippen LogP contribution in [0.2, 0.25) is 0 Å². The summed E-state index contributed by atoms with van der Waals surface area (Å²) in [4.78, 5) is 23.1. The van der Waals surface area contributed by atoms with Crippen LogP contribution in [0.5, 0.6) is 0 Å². The Morgan fingerprint density at radius 1 is 1.36 bits per heavy atom. The summed E-state index contributed by atoms with van der Waals surface area (Å²) in [7, 11) is -3.56. The molecule has 3 rings (SSSR count). The summed E-state index contributed by atoms with van der Waals surface area (Å²) in [5.41, 5.74) is 0.189. The highest BCUT2D eigenvalue weighted by Gasteiger charge is 2.68. The van der Waals surface area contributed by atoms with E-state index in [9.17, 15) is 18.0 Å². The minimum absolute atomic E-state index is 0.0296. The number of carbonyl (C=O) groups excluding carboxylic acids is 2. The molecule has 2 aliphatic carbocycles. The largest absolute Gasteiger partial charge is 0.457 e. The Kier molecular flexibility index (Phi) is 3.56. The minimum atomic E-state index is -3.56. The SMILES string of the molecule is C=C(C)C(=O)OCC(=O)OC1C2OS(=O)(=O)C3CC1[C@H](C)[C@H]23. The van der Waals surface area contributed by atoms with Gasteiger partial charge in [0.1, 0.15) is 12.2 Å². The molecular weight excluding hydrogens is 312 g/mol. The second-order valence-corrected chi connectivity index (χ2v) is 8.02. The monoisotopic (exact) mass is 330 g/mol. The van der Waals surface area contributed by atoms with E-state index >= 15 is 0 Å². The Labute approximate surface area is 128 Å². The van der Waals surface area contributed by atoms with Gasteiger partial charge < -0.3 is 9.47 Å². The molecule has 0 spiro atoms. The molecule has 1 heterocycles. The highest BCUT2D eigenvalue weighted by Crippen LogP contribution is 2.58. The number of hydrogen-bond acceptors (Lipinski definition) is 7. The second-order valence-electron chi connectivity index (χ2n) is 6.24. The fourth-order valence-corrected chi connectivity index (χ4v) is 5.85. The number of carbonyl (C=O) groups is 2. The lowest BCUT2D eigenvalue weighted by Gasteiger charge is -2.24. The topological polar surface area (TPSA) is 96.0 Å². The van der Waals surface area contributed by atoms with Crippen LogP contribution in [-0.2, 0) is 33.4 Å². The van der Waals surface area contributed by atoms with Gasteiger partial charge in [-0.1, -0.05) is 13.5 Å². The van der Waals surface area contributed by atoms with Crippen LogP contribution in [-0.4, -0.2) is 44.4 Å². The average Bonchev–Trinajstić information content (AvgIpc) is 2.95. The second kappa shape index (κ2) is 5.06. The first-order valence-corrected chi connectivity index (χ1v) is 8.63. The standard InChI is InChI=1S/C14H18O7S/c1-6(2)14(16)19-5-10(15)20-12-8-4-9-11(7(8)3)13(12)21-22(9,17)18/h7-9,11-13H,1,4-5H2,2-3H3/t7-,8?,9?,11-,12?,13?/m0/s1. The van der Waals surface area contributed by atoms with Gasteiger partial charge >= 0.3 is 11.9 Å². The molecule has 1 saturated heterocycles. The van der Waals surface area contributed by atoms with Crippen molar-refractivity contribution in [3.8, 4) is 0 Å². The van der Waals surface area contributed by atoms with Crippen LogP contribution in [0.15, 0.2) is 12.2 Å². The number of ether oxygens (including phenoxy) is 2. The van der Waals surface area contributed by atoms with Gasteiger partial charge in [-0.3, -0.25) is 4.18 Å². The van der Waals surface area contributed by atoms with E-state index < -0.39 is 46.1 Å². The smallest absolute Gasteiger partial charge is 0.344 e. The Balaban J connectivity index is 1.64. The van der Waals surface area contributed by atoms with Gasteiger partial charge in [-0.25, -0.2) is 9.59 Å². The van der Waals surface area contributed by atoms with E-state index in [1.54, 1.807) is 0 Å². The molecule has 22 heavy (non-hydrogen) atoms. The van der Waals surface area contributed by atoms with Crippen molar-refractivity contribution >= 4 is 22.1 Å². The Hall–Kier alpha value is -1.41. The molecule has 0 amide bonds. The van der Waals surface area contributed by atoms with Gasteiger partial charge in [-0.2, -0.15) is 8.42 Å². The summed E-state index contributed by atoms with van der Waals surface area (Å²) in [6, 6.07) is 0. The van der Waals surface area contributed by atoms with Crippen molar-refractivity contribution in [1.82, 2.24) is 0 Å². The molecule has 6 atom stereocenters. The zero-order valence-electron chi connectivity index (χ0n) is 12.4. The molecule has 0 aromatic rings. The molecule has 0 aromatic carbocycles. The molecule has 8 heteroatoms. The molecule has 7 nitrogen and oxygen atoms in total. The molecule has 0 aromatic heterocycles. The predicted octanol–water partition coefficient (Wildman–Crippen LogP) is 0.401. The average molecular weight is 330 g/mol. The quantitative estimate of drug-likeness (QED) is 0.418. The number of rotatable bonds is 4. The van der Waals surface area contributed by atoms with Crippen molar-refractivity contribution < 1.29 is 31.7 Å². The number of fused-ring (bicyclic) bond motifs is 1. The first kappa shape index (κ1) is 15.5. The van der Waals surface area contributed by atoms with Crippen molar-refractivity contribution in [3.63, 3.8) is 0 Å². The highest BCUT2D eigenvalue weighted by molar-refractivity contribution is 7.87. The lowest BCUT2D eigenvalue weighted by atomic mass is 9.94. The Bertz CT molecular complexity index is 638. The van der Waals surface area contributed by atoms with Crippen LogP contribution >= 0.6 is 0 Å². The molecule has 1 aliphatic heterocycles. The third-order valence-electron chi connectivity index (χ3n) is 4.89. The fraction of sp³-hybridized carbons (Fsp3) is 0.714. The van der Waals surface area contributed by atoms with Crippen molar-refractivity contribution in [3.05, 3.63) is 12.2 Å². The van der Waals surface area contributed by atoms with Crippen molar-refractivity contribution in [1.29, 1.82) is 0 Å². The Morgan fingerprint density at radius 2 is 2.05 bits per heavy atom. The van der Waals surface area contributed by atoms with E-state index in [-0.39, 0.29) is 23.3 Å². The van der Waals surface area contributed by atoms with Gasteiger partial charge in [0.05, 0.1) is 5.25 Å². The predicted molar refractivity (Wildman–Crippen MR) is 74.0 cm³/mol. The van der Waals surface area contributed by atoms with Gasteiger partial charge in [0.15, 0.2) is 6.61 Å². The maximum absolute atomic E-state index is 11.9. The van der Waals surface area contributed by atoms with Crippen LogP contribution in [0.25, 0.3) is 0 Å². The lowest BCUT2D eigenvalue weighted by molar-refractivity contribution is -0.165. The molecule has 3 aliphatic rings. The van der Waals surface area contributed by atoms with E-state index in [0.717, 1.165) is 0 Å². The van der Waals surface area contributed by atoms with E-state index in [1.165, 1.54) is 6.92 Å². The first-order chi connectivity index (χ1) is 10.2. The third-order valence-corrected chi connectivity index (χ3v) is 6.63. The van der Waals surface area contributed by atoms with Crippen LogP contribution in [0.3, 0.4) is 0 Å². The van der Waals surface area contributed by atoms with E-state index in [2.05, 4.69) is 6.58 Å². The van der Waals surface area contributed by atoms with E-state index in [4.69, 9.17) is 13.7 Å². The van der Waals surface area contributed by atoms with Crippen molar-refractivity contribution in [2.24, 2.45) is 17.8 Å². The molecule has 0 radical (unpaired) electrons. The normalized spacial score (nSPS) is 40.5. The molecule has 3 fully saturated rings. The molecule has 2 bridgehead atoms. The molecule has 2 saturated carbocycles. The molecule has 122 valence electrons. The fourth-order valence-electron chi connectivity index (χ4n) is 3.91. The maximum Gasteiger partial charge on any atom is 0.344 e. The van der Waals surface area contributed by atoms with Gasteiger partial charge in [0.2, 0.25) is 0 Å². The van der Waals surface area contributed by atoms with Gasteiger partial charge in [-0.15, -0.1) is 0 Å². The highest BCUT2D eigenvalue weighted by atomic mass is 32.2. The van der Waals surface area contributed by atoms with E-state index in [0.29, 0.717) is 6.42 Å². The zero-order chi connectivity index (χ0) is 16.2. The number of hydrogen-bond donors (Lipinski definition) is 0. The third kappa shape index (κ3) is 2.25. The Morgan fingerprint density at radius 3 is 2.68 bits per heavy atom. The molecular formula is C14H18O7S. The maximum atomic E-state index is 11.9. The molecule has 0 N–H and O–H groups in total. The first-order valence-electron chi connectivity index (χ1n) is 7.16. The lowest BCUT2D eigenvalue weighted by Crippen LogP contribution is -2.38. The van der Waals surface area contributed by atoms with Crippen LogP contribution < -0.4 is 0 Å². The summed E-state index contributed by atoms with van der Waals surface area (Å²) in [6.45, 7) is 6.33. The van der Waals surface area contributed by atoms with Gasteiger partial charge in [0.25, 0.3) is 10.1 Å². The summed E-state index contributed by atoms with van der Waals surface area (Å²) >= 11 is 0. The van der Waals surface area contributed by atoms with Gasteiger partial charge in [0, 0.05) is 17.4 Å². The minimum Gasteiger partial charge on any atom is -0.457 e. The van der Waals surface area contributed by atoms with Gasteiger partial charge in [-0.05, 0) is 19.3 Å².